The SMILES string of the molecule is CONc1cc(F)ccc1N1CCN(CCCn2cc(C=O)c3ccccc32)CC1. The predicted molar refractivity (Wildman–Crippen MR) is 118 cm³/mol. The van der Waals surface area contributed by atoms with Crippen molar-refractivity contribution in [1.82, 2.24) is 9.47 Å². The Hall–Kier alpha value is -2.90. The molecule has 2 aromatic carbocycles. The number of benzene rings is 2. The van der Waals surface area contributed by atoms with Crippen molar-refractivity contribution in [2.24, 2.45) is 0 Å². The second-order valence-corrected chi connectivity index (χ2v) is 7.56. The van der Waals surface area contributed by atoms with E-state index in [1.54, 1.807) is 6.07 Å². The molecule has 1 N–H and O–H groups in total. The summed E-state index contributed by atoms with van der Waals surface area (Å²) in [6, 6.07) is 12.8. The van der Waals surface area contributed by atoms with Gasteiger partial charge in [-0.1, -0.05) is 18.2 Å². The lowest BCUT2D eigenvalue weighted by atomic mass is 10.2. The van der Waals surface area contributed by atoms with Crippen LogP contribution in [0.25, 0.3) is 10.9 Å². The molecule has 7 heteroatoms. The number of fused-ring (bicyclic) bond motifs is 1. The zero-order valence-corrected chi connectivity index (χ0v) is 17.2. The van der Waals surface area contributed by atoms with Gasteiger partial charge in [-0.05, 0) is 31.2 Å². The van der Waals surface area contributed by atoms with Crippen LogP contribution in [0.5, 0.6) is 0 Å². The van der Waals surface area contributed by atoms with Gasteiger partial charge in [0.25, 0.3) is 0 Å². The van der Waals surface area contributed by atoms with Gasteiger partial charge in [0.2, 0.25) is 0 Å². The molecule has 0 aliphatic carbocycles. The minimum atomic E-state index is -0.285. The Morgan fingerprint density at radius 2 is 1.90 bits per heavy atom. The highest BCUT2D eigenvalue weighted by Crippen LogP contribution is 2.28. The van der Waals surface area contributed by atoms with Crippen molar-refractivity contribution in [3.8, 4) is 0 Å². The third-order valence-electron chi connectivity index (χ3n) is 5.70. The number of carbonyl (C=O) groups is 1. The maximum Gasteiger partial charge on any atom is 0.152 e. The number of aromatic nitrogens is 1. The monoisotopic (exact) mass is 410 g/mol. The molecule has 4 rings (SSSR count). The van der Waals surface area contributed by atoms with Gasteiger partial charge in [-0.25, -0.2) is 4.39 Å². The Balaban J connectivity index is 1.32. The molecule has 0 saturated carbocycles. The lowest BCUT2D eigenvalue weighted by Crippen LogP contribution is -2.47. The summed E-state index contributed by atoms with van der Waals surface area (Å²) < 4.78 is 15.7. The van der Waals surface area contributed by atoms with Crippen molar-refractivity contribution >= 4 is 28.6 Å². The van der Waals surface area contributed by atoms with Gasteiger partial charge in [-0.3, -0.25) is 20.0 Å². The van der Waals surface area contributed by atoms with Crippen LogP contribution >= 0.6 is 0 Å². The van der Waals surface area contributed by atoms with Crippen molar-refractivity contribution in [1.29, 1.82) is 0 Å². The molecule has 158 valence electrons. The minimum absolute atomic E-state index is 0.285. The van der Waals surface area contributed by atoms with Crippen LogP contribution < -0.4 is 10.4 Å². The summed E-state index contributed by atoms with van der Waals surface area (Å²) in [5, 5.41) is 1.01. The summed E-state index contributed by atoms with van der Waals surface area (Å²) in [5.74, 6) is -0.285. The quantitative estimate of drug-likeness (QED) is 0.452. The number of nitrogens with zero attached hydrogens (tertiary/aromatic N) is 3. The van der Waals surface area contributed by atoms with E-state index in [9.17, 15) is 9.18 Å². The Kier molecular flexibility index (Phi) is 6.30. The molecule has 2 heterocycles. The highest BCUT2D eigenvalue weighted by molar-refractivity contribution is 5.97. The van der Waals surface area contributed by atoms with Gasteiger partial charge in [-0.2, -0.15) is 0 Å². The number of rotatable bonds is 8. The summed E-state index contributed by atoms with van der Waals surface area (Å²) in [5.41, 5.74) is 6.24. The predicted octanol–water partition coefficient (Wildman–Crippen LogP) is 3.78. The van der Waals surface area contributed by atoms with E-state index in [0.29, 0.717) is 5.69 Å². The number of anilines is 2. The fourth-order valence-corrected chi connectivity index (χ4v) is 4.21. The van der Waals surface area contributed by atoms with Crippen molar-refractivity contribution in [2.75, 3.05) is 50.2 Å². The molecule has 1 saturated heterocycles. The minimum Gasteiger partial charge on any atom is -0.367 e. The summed E-state index contributed by atoms with van der Waals surface area (Å²) in [6.07, 6.45) is 3.90. The lowest BCUT2D eigenvalue weighted by Gasteiger charge is -2.37. The van der Waals surface area contributed by atoms with E-state index >= 15 is 0 Å². The van der Waals surface area contributed by atoms with Crippen LogP contribution in [0.2, 0.25) is 0 Å². The van der Waals surface area contributed by atoms with Crippen LogP contribution in [0.15, 0.2) is 48.7 Å². The molecule has 3 aromatic rings. The van der Waals surface area contributed by atoms with Crippen molar-refractivity contribution in [3.05, 3.63) is 60.0 Å². The average molecular weight is 410 g/mol. The Labute approximate surface area is 175 Å². The van der Waals surface area contributed by atoms with Gasteiger partial charge in [0.15, 0.2) is 6.29 Å². The van der Waals surface area contributed by atoms with Crippen molar-refractivity contribution < 1.29 is 14.0 Å². The highest BCUT2D eigenvalue weighted by Gasteiger charge is 2.19. The maximum absolute atomic E-state index is 13.6. The van der Waals surface area contributed by atoms with E-state index in [4.69, 9.17) is 4.84 Å². The normalized spacial score (nSPS) is 14.9. The largest absolute Gasteiger partial charge is 0.367 e. The number of hydrogen-bond acceptors (Lipinski definition) is 5. The fraction of sp³-hybridized carbons (Fsp3) is 0.348. The molecular weight excluding hydrogens is 383 g/mol. The second kappa shape index (κ2) is 9.28. The molecule has 1 aromatic heterocycles. The van der Waals surface area contributed by atoms with Gasteiger partial charge in [0, 0.05) is 61.5 Å². The standard InChI is InChI=1S/C23H27FN4O2/c1-30-25-21-15-19(24)7-8-23(21)27-13-11-26(12-14-27)9-4-10-28-16-18(17-29)20-5-2-3-6-22(20)28/h2-3,5-8,15-17,25H,4,9-14H2,1H3. The van der Waals surface area contributed by atoms with Crippen LogP contribution in [-0.2, 0) is 11.4 Å². The zero-order chi connectivity index (χ0) is 20.9. The van der Waals surface area contributed by atoms with Gasteiger partial charge >= 0.3 is 0 Å². The van der Waals surface area contributed by atoms with Gasteiger partial charge < -0.3 is 9.47 Å². The first-order valence-electron chi connectivity index (χ1n) is 10.3. The number of hydrogen-bond donors (Lipinski definition) is 1. The third kappa shape index (κ3) is 4.32. The molecule has 0 bridgehead atoms. The van der Waals surface area contributed by atoms with E-state index in [2.05, 4.69) is 25.9 Å². The number of piperazine rings is 1. The number of nitrogens with one attached hydrogen (secondary N) is 1. The molecule has 0 spiro atoms. The molecule has 1 aliphatic rings. The van der Waals surface area contributed by atoms with Crippen LogP contribution in [0, 0.1) is 5.82 Å². The summed E-state index contributed by atoms with van der Waals surface area (Å²) >= 11 is 0. The average Bonchev–Trinajstić information content (AvgIpc) is 3.13. The molecule has 0 unspecified atom stereocenters. The van der Waals surface area contributed by atoms with Crippen molar-refractivity contribution in [2.45, 2.75) is 13.0 Å². The van der Waals surface area contributed by atoms with E-state index in [-0.39, 0.29) is 5.82 Å². The molecular formula is C23H27FN4O2. The fourth-order valence-electron chi connectivity index (χ4n) is 4.21. The number of aldehydes is 1. The first-order valence-corrected chi connectivity index (χ1v) is 10.3. The lowest BCUT2D eigenvalue weighted by molar-refractivity contribution is 0.112. The number of aryl methyl sites for hydroxylation is 1. The molecule has 6 nitrogen and oxygen atoms in total. The topological polar surface area (TPSA) is 49.7 Å². The smallest absolute Gasteiger partial charge is 0.152 e. The molecule has 0 atom stereocenters. The number of halogens is 1. The van der Waals surface area contributed by atoms with E-state index in [1.165, 1.54) is 19.2 Å². The highest BCUT2D eigenvalue weighted by atomic mass is 19.1. The van der Waals surface area contributed by atoms with Crippen LogP contribution in [-0.4, -0.2) is 55.6 Å². The molecule has 1 fully saturated rings. The van der Waals surface area contributed by atoms with Gasteiger partial charge in [-0.15, -0.1) is 0 Å². The first-order chi connectivity index (χ1) is 14.7. The van der Waals surface area contributed by atoms with E-state index in [1.807, 2.05) is 24.4 Å². The van der Waals surface area contributed by atoms with Crippen LogP contribution in [0.1, 0.15) is 16.8 Å². The van der Waals surface area contributed by atoms with Crippen LogP contribution in [0.4, 0.5) is 15.8 Å². The Morgan fingerprint density at radius 1 is 1.10 bits per heavy atom. The first kappa shape index (κ1) is 20.4. The van der Waals surface area contributed by atoms with Gasteiger partial charge in [0.1, 0.15) is 5.82 Å². The van der Waals surface area contributed by atoms with E-state index < -0.39 is 0 Å². The summed E-state index contributed by atoms with van der Waals surface area (Å²) in [6.45, 7) is 5.56. The molecule has 1 aliphatic heterocycles. The Bertz CT molecular complexity index is 1010. The number of para-hydroxylation sites is 1. The summed E-state index contributed by atoms with van der Waals surface area (Å²) in [7, 11) is 1.53. The van der Waals surface area contributed by atoms with Gasteiger partial charge in [0.05, 0.1) is 18.5 Å². The van der Waals surface area contributed by atoms with E-state index in [0.717, 1.165) is 74.1 Å². The molecule has 0 amide bonds. The Morgan fingerprint density at radius 3 is 2.67 bits per heavy atom. The van der Waals surface area contributed by atoms with Crippen LogP contribution in [0.3, 0.4) is 0 Å². The van der Waals surface area contributed by atoms with Crippen molar-refractivity contribution in [3.63, 3.8) is 0 Å². The summed E-state index contributed by atoms with van der Waals surface area (Å²) in [4.78, 5) is 21.0. The maximum atomic E-state index is 13.6. The molecule has 30 heavy (non-hydrogen) atoms. The number of carbonyl (C=O) groups excluding carboxylic acids is 1. The molecule has 0 radical (unpaired) electrons. The third-order valence-corrected chi connectivity index (χ3v) is 5.70. The zero-order valence-electron chi connectivity index (χ0n) is 17.2. The second-order valence-electron chi connectivity index (χ2n) is 7.56.